The summed E-state index contributed by atoms with van der Waals surface area (Å²) in [6.07, 6.45) is 7.13. The van der Waals surface area contributed by atoms with Crippen LogP contribution in [-0.4, -0.2) is 43.7 Å². The minimum Gasteiger partial charge on any atom is -0.484 e. The maximum atomic E-state index is 12.8. The van der Waals surface area contributed by atoms with Crippen molar-refractivity contribution in [3.63, 3.8) is 0 Å². The lowest BCUT2D eigenvalue weighted by Gasteiger charge is -2.32. The maximum Gasteiger partial charge on any atom is 0.260 e. The number of likely N-dealkylation sites (tertiary alicyclic amines) is 1. The molecule has 1 aliphatic rings. The van der Waals surface area contributed by atoms with Gasteiger partial charge in [0.05, 0.1) is 6.61 Å². The van der Waals surface area contributed by atoms with Gasteiger partial charge in [0, 0.05) is 13.1 Å². The van der Waals surface area contributed by atoms with Crippen molar-refractivity contribution in [1.29, 1.82) is 0 Å². The van der Waals surface area contributed by atoms with E-state index in [1.165, 1.54) is 24.3 Å². The molecule has 0 aliphatic carbocycles. The van der Waals surface area contributed by atoms with Crippen LogP contribution in [0.5, 0.6) is 5.75 Å². The lowest BCUT2D eigenvalue weighted by atomic mass is 9.99. The predicted octanol–water partition coefficient (Wildman–Crippen LogP) is 2.09. The Morgan fingerprint density at radius 1 is 1.41 bits per heavy atom. The molecule has 4 nitrogen and oxygen atoms in total. The highest BCUT2D eigenvalue weighted by Crippen LogP contribution is 2.17. The lowest BCUT2D eigenvalue weighted by molar-refractivity contribution is -0.135. The summed E-state index contributed by atoms with van der Waals surface area (Å²) in [5, 5.41) is 0. The molecule has 1 aliphatic heterocycles. The monoisotopic (exact) mass is 305 g/mol. The van der Waals surface area contributed by atoms with Crippen LogP contribution in [-0.2, 0) is 9.53 Å². The van der Waals surface area contributed by atoms with E-state index in [-0.39, 0.29) is 18.3 Å². The van der Waals surface area contributed by atoms with Crippen LogP contribution < -0.4 is 4.74 Å². The third kappa shape index (κ3) is 5.05. The summed E-state index contributed by atoms with van der Waals surface area (Å²) in [5.74, 6) is 2.84. The zero-order chi connectivity index (χ0) is 15.8. The molecule has 118 valence electrons. The highest BCUT2D eigenvalue weighted by Gasteiger charge is 2.23. The van der Waals surface area contributed by atoms with Gasteiger partial charge in [-0.3, -0.25) is 4.79 Å². The summed E-state index contributed by atoms with van der Waals surface area (Å²) in [6, 6.07) is 5.63. The SMILES string of the molecule is C#CCOCC1CCCN(C(=O)COc2ccc(F)cc2)C1. The van der Waals surface area contributed by atoms with E-state index in [2.05, 4.69) is 5.92 Å². The van der Waals surface area contributed by atoms with Crippen molar-refractivity contribution in [3.05, 3.63) is 30.1 Å². The Morgan fingerprint density at radius 2 is 2.18 bits per heavy atom. The molecule has 1 aromatic rings. The molecule has 1 heterocycles. The lowest BCUT2D eigenvalue weighted by Crippen LogP contribution is -2.43. The molecule has 1 fully saturated rings. The first-order valence-electron chi connectivity index (χ1n) is 7.36. The van der Waals surface area contributed by atoms with Gasteiger partial charge >= 0.3 is 0 Å². The van der Waals surface area contributed by atoms with E-state index in [9.17, 15) is 9.18 Å². The van der Waals surface area contributed by atoms with E-state index in [4.69, 9.17) is 15.9 Å². The highest BCUT2D eigenvalue weighted by atomic mass is 19.1. The molecule has 1 amide bonds. The zero-order valence-electron chi connectivity index (χ0n) is 12.5. The Labute approximate surface area is 130 Å². The molecule has 0 bridgehead atoms. The second kappa shape index (κ2) is 8.40. The van der Waals surface area contributed by atoms with Crippen molar-refractivity contribution in [2.45, 2.75) is 12.8 Å². The molecule has 0 saturated carbocycles. The van der Waals surface area contributed by atoms with Crippen LogP contribution in [0.1, 0.15) is 12.8 Å². The van der Waals surface area contributed by atoms with E-state index in [1.807, 2.05) is 0 Å². The molecular formula is C17H20FNO3. The first kappa shape index (κ1) is 16.3. The van der Waals surface area contributed by atoms with Gasteiger partial charge in [0.15, 0.2) is 6.61 Å². The number of nitrogens with zero attached hydrogens (tertiary/aromatic N) is 1. The number of terminal acetylenes is 1. The molecule has 1 aromatic carbocycles. The fourth-order valence-corrected chi connectivity index (χ4v) is 2.48. The van der Waals surface area contributed by atoms with Gasteiger partial charge in [-0.2, -0.15) is 0 Å². The standard InChI is InChI=1S/C17H20FNO3/c1-2-10-21-12-14-4-3-9-19(11-14)17(20)13-22-16-7-5-15(18)6-8-16/h1,5-8,14H,3-4,9-13H2. The molecule has 22 heavy (non-hydrogen) atoms. The van der Waals surface area contributed by atoms with Crippen LogP contribution in [0.25, 0.3) is 0 Å². The number of hydrogen-bond acceptors (Lipinski definition) is 3. The average molecular weight is 305 g/mol. The molecular weight excluding hydrogens is 285 g/mol. The van der Waals surface area contributed by atoms with Crippen LogP contribution in [0.4, 0.5) is 4.39 Å². The van der Waals surface area contributed by atoms with E-state index in [1.54, 1.807) is 4.90 Å². The number of halogens is 1. The normalized spacial score (nSPS) is 17.8. The summed E-state index contributed by atoms with van der Waals surface area (Å²) in [4.78, 5) is 14.0. The van der Waals surface area contributed by atoms with Crippen LogP contribution in [0.15, 0.2) is 24.3 Å². The maximum absolute atomic E-state index is 12.8. The van der Waals surface area contributed by atoms with E-state index < -0.39 is 0 Å². The number of benzene rings is 1. The van der Waals surface area contributed by atoms with Crippen molar-refractivity contribution < 1.29 is 18.7 Å². The Morgan fingerprint density at radius 3 is 2.91 bits per heavy atom. The summed E-state index contributed by atoms with van der Waals surface area (Å²) >= 11 is 0. The zero-order valence-corrected chi connectivity index (χ0v) is 12.5. The number of hydrogen-bond donors (Lipinski definition) is 0. The first-order chi connectivity index (χ1) is 10.7. The van der Waals surface area contributed by atoms with Crippen molar-refractivity contribution in [3.8, 4) is 18.1 Å². The first-order valence-corrected chi connectivity index (χ1v) is 7.36. The average Bonchev–Trinajstić information content (AvgIpc) is 2.54. The number of carbonyl (C=O) groups excluding carboxylic acids is 1. The van der Waals surface area contributed by atoms with Crippen molar-refractivity contribution in [1.82, 2.24) is 4.90 Å². The van der Waals surface area contributed by atoms with Gasteiger partial charge < -0.3 is 14.4 Å². The fourth-order valence-electron chi connectivity index (χ4n) is 2.48. The summed E-state index contributed by atoms with van der Waals surface area (Å²) in [7, 11) is 0. The Bertz CT molecular complexity index is 524. The fraction of sp³-hybridized carbons (Fsp3) is 0.471. The minimum absolute atomic E-state index is 0.0381. The Hall–Kier alpha value is -2.06. The molecule has 0 spiro atoms. The molecule has 2 rings (SSSR count). The van der Waals surface area contributed by atoms with Gasteiger partial charge in [0.25, 0.3) is 5.91 Å². The Kier molecular flexibility index (Phi) is 6.23. The topological polar surface area (TPSA) is 38.8 Å². The van der Waals surface area contributed by atoms with Gasteiger partial charge in [-0.1, -0.05) is 5.92 Å². The molecule has 5 heteroatoms. The summed E-state index contributed by atoms with van der Waals surface area (Å²) < 4.78 is 23.5. The number of piperidine rings is 1. The van der Waals surface area contributed by atoms with E-state index >= 15 is 0 Å². The third-order valence-corrected chi connectivity index (χ3v) is 3.59. The van der Waals surface area contributed by atoms with Gasteiger partial charge in [-0.15, -0.1) is 6.42 Å². The molecule has 0 radical (unpaired) electrons. The molecule has 1 saturated heterocycles. The predicted molar refractivity (Wildman–Crippen MR) is 80.9 cm³/mol. The van der Waals surface area contributed by atoms with Gasteiger partial charge in [0.1, 0.15) is 18.2 Å². The van der Waals surface area contributed by atoms with Crippen LogP contribution >= 0.6 is 0 Å². The number of carbonyl (C=O) groups is 1. The number of amides is 1. The van der Waals surface area contributed by atoms with Gasteiger partial charge in [0.2, 0.25) is 0 Å². The summed E-state index contributed by atoms with van der Waals surface area (Å²) in [5.41, 5.74) is 0. The third-order valence-electron chi connectivity index (χ3n) is 3.59. The molecule has 1 unspecified atom stereocenters. The smallest absolute Gasteiger partial charge is 0.260 e. The number of rotatable bonds is 6. The minimum atomic E-state index is -0.329. The largest absolute Gasteiger partial charge is 0.484 e. The quantitative estimate of drug-likeness (QED) is 0.597. The van der Waals surface area contributed by atoms with E-state index in [0.29, 0.717) is 31.4 Å². The Balaban J connectivity index is 1.76. The van der Waals surface area contributed by atoms with Crippen molar-refractivity contribution >= 4 is 5.91 Å². The molecule has 0 N–H and O–H groups in total. The number of ether oxygens (including phenoxy) is 2. The van der Waals surface area contributed by atoms with Gasteiger partial charge in [-0.05, 0) is 43.0 Å². The molecule has 0 aromatic heterocycles. The van der Waals surface area contributed by atoms with Gasteiger partial charge in [-0.25, -0.2) is 4.39 Å². The van der Waals surface area contributed by atoms with Crippen LogP contribution in [0.3, 0.4) is 0 Å². The second-order valence-electron chi connectivity index (χ2n) is 5.31. The molecule has 1 atom stereocenters. The summed E-state index contributed by atoms with van der Waals surface area (Å²) in [6.45, 7) is 2.24. The van der Waals surface area contributed by atoms with E-state index in [0.717, 1.165) is 19.4 Å². The second-order valence-corrected chi connectivity index (χ2v) is 5.31. The van der Waals surface area contributed by atoms with Crippen molar-refractivity contribution in [2.75, 3.05) is 32.9 Å². The van der Waals surface area contributed by atoms with Crippen molar-refractivity contribution in [2.24, 2.45) is 5.92 Å². The van der Waals surface area contributed by atoms with Crippen LogP contribution in [0, 0.1) is 24.1 Å². The van der Waals surface area contributed by atoms with Crippen LogP contribution in [0.2, 0.25) is 0 Å². The highest BCUT2D eigenvalue weighted by molar-refractivity contribution is 5.77.